The van der Waals surface area contributed by atoms with Crippen LogP contribution < -0.4 is 5.73 Å². The average Bonchev–Trinajstić information content (AvgIpc) is 2.46. The van der Waals surface area contributed by atoms with Crippen LogP contribution in [-0.2, 0) is 6.54 Å². The summed E-state index contributed by atoms with van der Waals surface area (Å²) in [6.07, 6.45) is 3.87. The maximum atomic E-state index is 12.5. The third kappa shape index (κ3) is 5.11. The molecule has 1 aromatic heterocycles. The molecular formula is C14H24Cl2N4O. The van der Waals surface area contributed by atoms with Gasteiger partial charge in [-0.15, -0.1) is 24.8 Å². The van der Waals surface area contributed by atoms with E-state index in [0.29, 0.717) is 18.2 Å². The zero-order valence-electron chi connectivity index (χ0n) is 12.5. The number of pyridine rings is 1. The Labute approximate surface area is 138 Å². The van der Waals surface area contributed by atoms with Crippen molar-refractivity contribution >= 4 is 30.7 Å². The molecule has 21 heavy (non-hydrogen) atoms. The molecule has 0 saturated carbocycles. The molecule has 1 aliphatic heterocycles. The lowest BCUT2D eigenvalue weighted by molar-refractivity contribution is 0.0635. The number of likely N-dealkylation sites (tertiary alicyclic amines) is 1. The molecule has 0 spiro atoms. The highest BCUT2D eigenvalue weighted by Gasteiger charge is 2.25. The first kappa shape index (κ1) is 20.1. The topological polar surface area (TPSA) is 62.5 Å². The number of aromatic nitrogens is 1. The van der Waals surface area contributed by atoms with Gasteiger partial charge in [-0.25, -0.2) is 0 Å². The molecule has 7 heteroatoms. The minimum absolute atomic E-state index is 0. The van der Waals surface area contributed by atoms with Crippen LogP contribution >= 0.6 is 24.8 Å². The zero-order chi connectivity index (χ0) is 13.8. The van der Waals surface area contributed by atoms with Crippen LogP contribution in [0.3, 0.4) is 0 Å². The second kappa shape index (κ2) is 9.20. The Morgan fingerprint density at radius 3 is 2.81 bits per heavy atom. The van der Waals surface area contributed by atoms with Gasteiger partial charge in [0.25, 0.3) is 5.91 Å². The van der Waals surface area contributed by atoms with Crippen molar-refractivity contribution in [1.82, 2.24) is 14.8 Å². The molecule has 1 amide bonds. The van der Waals surface area contributed by atoms with Crippen molar-refractivity contribution in [3.8, 4) is 0 Å². The van der Waals surface area contributed by atoms with Gasteiger partial charge in [-0.05, 0) is 39.1 Å². The van der Waals surface area contributed by atoms with Gasteiger partial charge in [0.15, 0.2) is 0 Å². The Bertz CT molecular complexity index is 456. The molecule has 2 heterocycles. The fourth-order valence-electron chi connectivity index (χ4n) is 2.47. The third-order valence-corrected chi connectivity index (χ3v) is 3.69. The van der Waals surface area contributed by atoms with Crippen LogP contribution in [0.5, 0.6) is 0 Å². The SMILES string of the molecule is CN(C)C1CCCN(C(=O)c2ccnc(CN)c2)C1.Cl.Cl. The second-order valence-electron chi connectivity index (χ2n) is 5.25. The molecule has 1 fully saturated rings. The molecule has 120 valence electrons. The predicted molar refractivity (Wildman–Crippen MR) is 89.2 cm³/mol. The largest absolute Gasteiger partial charge is 0.337 e. The number of hydrogen-bond acceptors (Lipinski definition) is 4. The first-order valence-electron chi connectivity index (χ1n) is 6.72. The zero-order valence-corrected chi connectivity index (χ0v) is 14.1. The summed E-state index contributed by atoms with van der Waals surface area (Å²) < 4.78 is 0. The fourth-order valence-corrected chi connectivity index (χ4v) is 2.47. The number of carbonyl (C=O) groups excluding carboxylic acids is 1. The van der Waals surface area contributed by atoms with Crippen molar-refractivity contribution in [1.29, 1.82) is 0 Å². The van der Waals surface area contributed by atoms with E-state index in [4.69, 9.17) is 5.73 Å². The Morgan fingerprint density at radius 1 is 1.48 bits per heavy atom. The number of nitrogens with zero attached hydrogens (tertiary/aromatic N) is 3. The van der Waals surface area contributed by atoms with Crippen molar-refractivity contribution in [2.75, 3.05) is 27.2 Å². The minimum Gasteiger partial charge on any atom is -0.337 e. The standard InChI is InChI=1S/C14H22N4O.2ClH/c1-17(2)13-4-3-7-18(10-13)14(19)11-5-6-16-12(8-11)9-15;;/h5-6,8,13H,3-4,7,9-10,15H2,1-2H3;2*1H. The third-order valence-electron chi connectivity index (χ3n) is 3.69. The molecule has 1 atom stereocenters. The lowest BCUT2D eigenvalue weighted by Crippen LogP contribution is -2.47. The van der Waals surface area contributed by atoms with Gasteiger partial charge in [-0.2, -0.15) is 0 Å². The van der Waals surface area contributed by atoms with Crippen molar-refractivity contribution in [3.63, 3.8) is 0 Å². The summed E-state index contributed by atoms with van der Waals surface area (Å²) in [4.78, 5) is 20.7. The van der Waals surface area contributed by atoms with Crippen molar-refractivity contribution in [2.45, 2.75) is 25.4 Å². The van der Waals surface area contributed by atoms with E-state index in [1.165, 1.54) is 0 Å². The number of piperidine rings is 1. The van der Waals surface area contributed by atoms with E-state index in [-0.39, 0.29) is 30.7 Å². The van der Waals surface area contributed by atoms with Crippen LogP contribution in [0.1, 0.15) is 28.9 Å². The van der Waals surface area contributed by atoms with E-state index >= 15 is 0 Å². The molecule has 0 aromatic carbocycles. The van der Waals surface area contributed by atoms with E-state index < -0.39 is 0 Å². The molecule has 2 N–H and O–H groups in total. The first-order valence-corrected chi connectivity index (χ1v) is 6.72. The van der Waals surface area contributed by atoms with Gasteiger partial charge in [0.05, 0.1) is 5.69 Å². The highest BCUT2D eigenvalue weighted by molar-refractivity contribution is 5.94. The first-order chi connectivity index (χ1) is 9.11. The van der Waals surface area contributed by atoms with Gasteiger partial charge in [0, 0.05) is 37.4 Å². The van der Waals surface area contributed by atoms with Gasteiger partial charge < -0.3 is 15.5 Å². The van der Waals surface area contributed by atoms with Crippen LogP contribution in [0.4, 0.5) is 0 Å². The van der Waals surface area contributed by atoms with Crippen molar-refractivity contribution < 1.29 is 4.79 Å². The number of halogens is 2. The molecule has 0 radical (unpaired) electrons. The maximum absolute atomic E-state index is 12.5. The van der Waals surface area contributed by atoms with Crippen LogP contribution in [0.25, 0.3) is 0 Å². The molecule has 1 aromatic rings. The van der Waals surface area contributed by atoms with Crippen LogP contribution in [-0.4, -0.2) is 53.9 Å². The monoisotopic (exact) mass is 334 g/mol. The van der Waals surface area contributed by atoms with Gasteiger partial charge in [0.2, 0.25) is 0 Å². The van der Waals surface area contributed by atoms with Crippen molar-refractivity contribution in [2.24, 2.45) is 5.73 Å². The second-order valence-corrected chi connectivity index (χ2v) is 5.25. The highest BCUT2D eigenvalue weighted by Crippen LogP contribution is 2.16. The molecule has 1 unspecified atom stereocenters. The quantitative estimate of drug-likeness (QED) is 0.910. The van der Waals surface area contributed by atoms with E-state index in [1.54, 1.807) is 18.3 Å². The normalized spacial score (nSPS) is 17.9. The molecule has 2 rings (SSSR count). The summed E-state index contributed by atoms with van der Waals surface area (Å²) >= 11 is 0. The van der Waals surface area contributed by atoms with E-state index in [9.17, 15) is 4.79 Å². The smallest absolute Gasteiger partial charge is 0.254 e. The summed E-state index contributed by atoms with van der Waals surface area (Å²) in [6.45, 7) is 2.00. The molecule has 0 aliphatic carbocycles. The van der Waals surface area contributed by atoms with E-state index in [1.807, 2.05) is 4.90 Å². The van der Waals surface area contributed by atoms with Crippen LogP contribution in [0.2, 0.25) is 0 Å². The van der Waals surface area contributed by atoms with Gasteiger partial charge in [0.1, 0.15) is 0 Å². The van der Waals surface area contributed by atoms with Gasteiger partial charge in [-0.1, -0.05) is 0 Å². The Morgan fingerprint density at radius 2 is 2.19 bits per heavy atom. The van der Waals surface area contributed by atoms with E-state index in [0.717, 1.165) is 31.6 Å². The average molecular weight is 335 g/mol. The summed E-state index contributed by atoms with van der Waals surface area (Å²) in [5.41, 5.74) is 7.01. The van der Waals surface area contributed by atoms with E-state index in [2.05, 4.69) is 24.0 Å². The summed E-state index contributed by atoms with van der Waals surface area (Å²) in [6, 6.07) is 4.01. The van der Waals surface area contributed by atoms with Crippen LogP contribution in [0.15, 0.2) is 18.3 Å². The minimum atomic E-state index is 0. The summed E-state index contributed by atoms with van der Waals surface area (Å²) in [5.74, 6) is 0.0867. The molecule has 0 bridgehead atoms. The number of rotatable bonds is 3. The Hall–Kier alpha value is -0.880. The van der Waals surface area contributed by atoms with Gasteiger partial charge >= 0.3 is 0 Å². The number of carbonyl (C=O) groups is 1. The van der Waals surface area contributed by atoms with Gasteiger partial charge in [-0.3, -0.25) is 9.78 Å². The summed E-state index contributed by atoms with van der Waals surface area (Å²) in [5, 5.41) is 0. The maximum Gasteiger partial charge on any atom is 0.254 e. The molecular weight excluding hydrogens is 311 g/mol. The molecule has 1 aliphatic rings. The predicted octanol–water partition coefficient (Wildman–Crippen LogP) is 1.55. The lowest BCUT2D eigenvalue weighted by atomic mass is 10.0. The number of likely N-dealkylation sites (N-methyl/N-ethyl adjacent to an activating group) is 1. The molecule has 5 nitrogen and oxygen atoms in total. The Kier molecular flexibility index (Phi) is 8.82. The highest BCUT2D eigenvalue weighted by atomic mass is 35.5. The van der Waals surface area contributed by atoms with Crippen LogP contribution in [0, 0.1) is 0 Å². The number of nitrogens with two attached hydrogens (primary N) is 1. The fraction of sp³-hybridized carbons (Fsp3) is 0.571. The number of amides is 1. The molecule has 1 saturated heterocycles. The Balaban J connectivity index is 0.00000200. The van der Waals surface area contributed by atoms with Crippen molar-refractivity contribution in [3.05, 3.63) is 29.6 Å². The number of hydrogen-bond donors (Lipinski definition) is 1. The lowest BCUT2D eigenvalue weighted by Gasteiger charge is -2.36. The summed E-state index contributed by atoms with van der Waals surface area (Å²) in [7, 11) is 4.13.